The Hall–Kier alpha value is -2.47. The highest BCUT2D eigenvalue weighted by molar-refractivity contribution is 7.91. The minimum Gasteiger partial charge on any atom is -0.434 e. The number of hydrogen-bond donors (Lipinski definition) is 1. The second-order valence-corrected chi connectivity index (χ2v) is 9.61. The summed E-state index contributed by atoms with van der Waals surface area (Å²) in [7, 11) is -3.03. The van der Waals surface area contributed by atoms with Crippen molar-refractivity contribution in [3.05, 3.63) is 17.9 Å². The Balaban J connectivity index is 1.64. The number of nitrogens with two attached hydrogens (primary N) is 1. The van der Waals surface area contributed by atoms with Crippen molar-refractivity contribution in [2.75, 3.05) is 40.9 Å². The van der Waals surface area contributed by atoms with Crippen LogP contribution in [0.2, 0.25) is 0 Å². The molecular formula is C15H15FN4O5S2. The van der Waals surface area contributed by atoms with E-state index in [1.54, 1.807) is 11.0 Å². The molecule has 2 amide bonds. The van der Waals surface area contributed by atoms with Crippen molar-refractivity contribution in [1.82, 2.24) is 4.98 Å². The van der Waals surface area contributed by atoms with Crippen molar-refractivity contribution in [3.8, 4) is 0 Å². The van der Waals surface area contributed by atoms with E-state index in [1.165, 1.54) is 11.3 Å². The van der Waals surface area contributed by atoms with Crippen molar-refractivity contribution >= 4 is 54.2 Å². The molecule has 0 bridgehead atoms. The fourth-order valence-corrected chi connectivity index (χ4v) is 5.25. The Bertz CT molecular complexity index is 1040. The molecule has 2 N–H and O–H groups in total. The molecule has 2 aliphatic rings. The molecule has 1 unspecified atom stereocenters. The number of halogens is 1. The molecule has 2 aliphatic heterocycles. The molecule has 0 aliphatic carbocycles. The summed E-state index contributed by atoms with van der Waals surface area (Å²) in [5.74, 6) is -1.33. The number of amides is 2. The predicted octanol–water partition coefficient (Wildman–Crippen LogP) is 0.481. The number of ether oxygens (including phenoxy) is 1. The average molecular weight is 414 g/mol. The van der Waals surface area contributed by atoms with Gasteiger partial charge in [-0.05, 0) is 6.07 Å². The molecule has 4 rings (SSSR count). The van der Waals surface area contributed by atoms with Crippen LogP contribution >= 0.6 is 11.3 Å². The topological polar surface area (TPSA) is 123 Å². The second kappa shape index (κ2) is 6.30. The first-order valence-electron chi connectivity index (χ1n) is 8.06. The summed E-state index contributed by atoms with van der Waals surface area (Å²) in [4.78, 5) is 30.4. The van der Waals surface area contributed by atoms with Gasteiger partial charge in [0.25, 0.3) is 5.91 Å². The van der Waals surface area contributed by atoms with Gasteiger partial charge in [0, 0.05) is 19.2 Å². The van der Waals surface area contributed by atoms with Crippen molar-refractivity contribution in [2.24, 2.45) is 5.73 Å². The number of aromatic nitrogens is 1. The van der Waals surface area contributed by atoms with E-state index in [9.17, 15) is 22.4 Å². The lowest BCUT2D eigenvalue weighted by Crippen LogP contribution is -2.40. The number of benzene rings is 1. The zero-order chi connectivity index (χ0) is 19.3. The van der Waals surface area contributed by atoms with Crippen LogP contribution in [0.15, 0.2) is 12.1 Å². The lowest BCUT2D eigenvalue weighted by molar-refractivity contribution is -0.124. The Morgan fingerprint density at radius 2 is 2.04 bits per heavy atom. The van der Waals surface area contributed by atoms with Crippen LogP contribution in [0.25, 0.3) is 10.2 Å². The molecule has 27 heavy (non-hydrogen) atoms. The molecule has 12 heteroatoms. The quantitative estimate of drug-likeness (QED) is 0.775. The fraction of sp³-hybridized carbons (Fsp3) is 0.400. The summed E-state index contributed by atoms with van der Waals surface area (Å²) in [6, 6.07) is 2.74. The second-order valence-electron chi connectivity index (χ2n) is 6.30. The Morgan fingerprint density at radius 1 is 1.33 bits per heavy atom. The van der Waals surface area contributed by atoms with Crippen molar-refractivity contribution in [3.63, 3.8) is 0 Å². The lowest BCUT2D eigenvalue weighted by atomic mass is 10.2. The first-order valence-corrected chi connectivity index (χ1v) is 10.7. The first-order chi connectivity index (χ1) is 12.7. The van der Waals surface area contributed by atoms with Gasteiger partial charge in [-0.25, -0.2) is 22.6 Å². The van der Waals surface area contributed by atoms with Crippen LogP contribution in [0.5, 0.6) is 0 Å². The largest absolute Gasteiger partial charge is 0.434 e. The molecule has 144 valence electrons. The van der Waals surface area contributed by atoms with Crippen molar-refractivity contribution < 1.29 is 27.1 Å². The number of sulfone groups is 1. The van der Waals surface area contributed by atoms with E-state index in [1.807, 2.05) is 0 Å². The monoisotopic (exact) mass is 414 g/mol. The van der Waals surface area contributed by atoms with E-state index in [0.717, 1.165) is 11.0 Å². The highest BCUT2D eigenvalue weighted by atomic mass is 32.2. The van der Waals surface area contributed by atoms with Crippen LogP contribution in [0, 0.1) is 5.82 Å². The standard InChI is InChI=1S/C15H15FN4O5S2/c16-9-5-8(20-7-10(13(17)21)25-15(20)22)6-11-12(9)18-14(26-11)19-1-3-27(23,24)4-2-19/h5-6,10H,1-4,7H2,(H2,17,21). The fourth-order valence-electron chi connectivity index (χ4n) is 2.98. The van der Waals surface area contributed by atoms with Crippen LogP contribution in [0.3, 0.4) is 0 Å². The molecule has 9 nitrogen and oxygen atoms in total. The number of carbonyl (C=O) groups is 2. The maximum absolute atomic E-state index is 14.5. The van der Waals surface area contributed by atoms with Gasteiger partial charge in [-0.2, -0.15) is 0 Å². The molecule has 2 saturated heterocycles. The number of anilines is 2. The summed E-state index contributed by atoms with van der Waals surface area (Å²) in [5.41, 5.74) is 5.54. The van der Waals surface area contributed by atoms with E-state index < -0.39 is 33.8 Å². The number of fused-ring (bicyclic) bond motifs is 1. The molecule has 0 spiro atoms. The zero-order valence-corrected chi connectivity index (χ0v) is 15.6. The Labute approximate surface area is 157 Å². The zero-order valence-electron chi connectivity index (χ0n) is 13.9. The summed E-state index contributed by atoms with van der Waals surface area (Å²) < 4.78 is 43.1. The smallest absolute Gasteiger partial charge is 0.415 e. The van der Waals surface area contributed by atoms with E-state index in [0.29, 0.717) is 22.9 Å². The van der Waals surface area contributed by atoms with Gasteiger partial charge in [-0.1, -0.05) is 11.3 Å². The van der Waals surface area contributed by atoms with Crippen LogP contribution in [0.4, 0.5) is 20.0 Å². The van der Waals surface area contributed by atoms with Crippen molar-refractivity contribution in [2.45, 2.75) is 6.10 Å². The molecule has 3 heterocycles. The van der Waals surface area contributed by atoms with Gasteiger partial charge < -0.3 is 15.4 Å². The molecule has 2 aromatic rings. The number of cyclic esters (lactones) is 1. The molecule has 0 radical (unpaired) electrons. The normalized spacial score (nSPS) is 22.3. The number of rotatable bonds is 3. The maximum Gasteiger partial charge on any atom is 0.415 e. The molecule has 2 fully saturated rings. The minimum atomic E-state index is -3.03. The van der Waals surface area contributed by atoms with Gasteiger partial charge in [-0.3, -0.25) is 9.69 Å². The van der Waals surface area contributed by atoms with Gasteiger partial charge in [0.15, 0.2) is 26.9 Å². The Kier molecular flexibility index (Phi) is 4.18. The number of nitrogens with zero attached hydrogens (tertiary/aromatic N) is 3. The van der Waals surface area contributed by atoms with Gasteiger partial charge in [0.1, 0.15) is 5.52 Å². The van der Waals surface area contributed by atoms with Crippen molar-refractivity contribution in [1.29, 1.82) is 0 Å². The van der Waals surface area contributed by atoms with Gasteiger partial charge in [-0.15, -0.1) is 0 Å². The van der Waals surface area contributed by atoms with Gasteiger partial charge in [0.2, 0.25) is 0 Å². The number of carbonyl (C=O) groups excluding carboxylic acids is 2. The number of hydrogen-bond acceptors (Lipinski definition) is 8. The van der Waals surface area contributed by atoms with E-state index in [4.69, 9.17) is 10.5 Å². The highest BCUT2D eigenvalue weighted by Gasteiger charge is 2.36. The van der Waals surface area contributed by atoms with Crippen LogP contribution in [-0.2, 0) is 19.4 Å². The SMILES string of the molecule is NC(=O)C1CN(c2cc(F)c3nc(N4CCS(=O)(=O)CC4)sc3c2)C(=O)O1. The van der Waals surface area contributed by atoms with Crippen LogP contribution < -0.4 is 15.5 Å². The summed E-state index contributed by atoms with van der Waals surface area (Å²) in [6.45, 7) is 0.513. The molecule has 1 aromatic heterocycles. The summed E-state index contributed by atoms with van der Waals surface area (Å²) in [6.07, 6.45) is -1.85. The predicted molar refractivity (Wildman–Crippen MR) is 97.3 cm³/mol. The van der Waals surface area contributed by atoms with Gasteiger partial charge in [0.05, 0.1) is 28.4 Å². The number of thiazole rings is 1. The maximum atomic E-state index is 14.5. The molecule has 1 aromatic carbocycles. The van der Waals surface area contributed by atoms with E-state index >= 15 is 0 Å². The third-order valence-corrected chi connectivity index (χ3v) is 7.15. The average Bonchev–Trinajstić information content (AvgIpc) is 3.19. The Morgan fingerprint density at radius 3 is 2.67 bits per heavy atom. The molecular weight excluding hydrogens is 399 g/mol. The third-order valence-electron chi connectivity index (χ3n) is 4.48. The number of primary amides is 1. The highest BCUT2D eigenvalue weighted by Crippen LogP contribution is 2.35. The first kappa shape index (κ1) is 17.9. The van der Waals surface area contributed by atoms with Crippen LogP contribution in [0.1, 0.15) is 0 Å². The van der Waals surface area contributed by atoms with Gasteiger partial charge >= 0.3 is 6.09 Å². The van der Waals surface area contributed by atoms with Crippen LogP contribution in [-0.4, -0.2) is 62.6 Å². The molecule has 0 saturated carbocycles. The van der Waals surface area contributed by atoms with E-state index in [-0.39, 0.29) is 29.3 Å². The summed E-state index contributed by atoms with van der Waals surface area (Å²) >= 11 is 1.21. The minimum absolute atomic E-state index is 0.0325. The third kappa shape index (κ3) is 3.30. The van der Waals surface area contributed by atoms with E-state index in [2.05, 4.69) is 4.98 Å². The molecule has 1 atom stereocenters. The summed E-state index contributed by atoms with van der Waals surface area (Å²) in [5, 5.41) is 0.523. The lowest BCUT2D eigenvalue weighted by Gasteiger charge is -2.25.